The smallest absolute Gasteiger partial charge is 0.243 e. The molecule has 116 valence electrons. The summed E-state index contributed by atoms with van der Waals surface area (Å²) >= 11 is 5.38. The van der Waals surface area contributed by atoms with E-state index in [1.165, 1.54) is 4.31 Å². The van der Waals surface area contributed by atoms with Crippen LogP contribution in [0.5, 0.6) is 0 Å². The Morgan fingerprint density at radius 1 is 1.24 bits per heavy atom. The number of alkyl halides is 1. The van der Waals surface area contributed by atoms with E-state index in [1.807, 2.05) is 0 Å². The van der Waals surface area contributed by atoms with E-state index >= 15 is 0 Å². The molecule has 8 heteroatoms. The van der Waals surface area contributed by atoms with Gasteiger partial charge in [0.2, 0.25) is 15.9 Å². The Bertz CT molecular complexity index is 583. The molecule has 1 aliphatic heterocycles. The minimum Gasteiger partial charge on any atom is -0.379 e. The molecule has 1 heterocycles. The van der Waals surface area contributed by atoms with E-state index in [1.54, 1.807) is 24.3 Å². The maximum Gasteiger partial charge on any atom is 0.243 e. The molecule has 1 fully saturated rings. The monoisotopic (exact) mass is 332 g/mol. The number of carbonyl (C=O) groups is 1. The molecule has 0 atom stereocenters. The topological polar surface area (TPSA) is 75.7 Å². The van der Waals surface area contributed by atoms with Crippen LogP contribution in [0.25, 0.3) is 0 Å². The fraction of sp³-hybridized carbons (Fsp3) is 0.462. The van der Waals surface area contributed by atoms with Crippen LogP contribution in [0.3, 0.4) is 0 Å². The lowest BCUT2D eigenvalue weighted by Crippen LogP contribution is -2.40. The van der Waals surface area contributed by atoms with Crippen LogP contribution in [-0.4, -0.2) is 50.8 Å². The number of carbonyl (C=O) groups excluding carboxylic acids is 1. The van der Waals surface area contributed by atoms with E-state index in [4.69, 9.17) is 16.3 Å². The molecule has 0 saturated carbocycles. The van der Waals surface area contributed by atoms with Gasteiger partial charge in [-0.25, -0.2) is 8.42 Å². The van der Waals surface area contributed by atoms with Gasteiger partial charge in [0.05, 0.1) is 18.1 Å². The van der Waals surface area contributed by atoms with E-state index in [0.717, 1.165) is 5.56 Å². The van der Waals surface area contributed by atoms with Crippen molar-refractivity contribution < 1.29 is 17.9 Å². The standard InChI is InChI=1S/C13H17ClN2O4S/c14-9-13(17)15-10-11-1-3-12(4-2-11)21(18,19)16-5-7-20-8-6-16/h1-4H,5-10H2,(H,15,17). The summed E-state index contributed by atoms with van der Waals surface area (Å²) in [6, 6.07) is 6.46. The van der Waals surface area contributed by atoms with Crippen molar-refractivity contribution in [3.63, 3.8) is 0 Å². The van der Waals surface area contributed by atoms with Crippen LogP contribution in [-0.2, 0) is 26.1 Å². The van der Waals surface area contributed by atoms with Gasteiger partial charge < -0.3 is 10.1 Å². The highest BCUT2D eigenvalue weighted by molar-refractivity contribution is 7.89. The normalized spacial score (nSPS) is 16.6. The number of hydrogen-bond donors (Lipinski definition) is 1. The molecule has 1 aliphatic rings. The second kappa shape index (κ2) is 7.22. The van der Waals surface area contributed by atoms with Crippen LogP contribution >= 0.6 is 11.6 Å². The molecule has 0 aromatic heterocycles. The van der Waals surface area contributed by atoms with E-state index in [0.29, 0.717) is 32.8 Å². The highest BCUT2D eigenvalue weighted by atomic mass is 35.5. The Morgan fingerprint density at radius 2 is 1.86 bits per heavy atom. The molecular formula is C13H17ClN2O4S. The molecule has 0 bridgehead atoms. The Morgan fingerprint density at radius 3 is 2.43 bits per heavy atom. The van der Waals surface area contributed by atoms with Gasteiger partial charge in [0.1, 0.15) is 5.88 Å². The Hall–Kier alpha value is -1.15. The predicted octanol–water partition coefficient (Wildman–Crippen LogP) is 0.562. The molecule has 6 nitrogen and oxygen atoms in total. The Labute approximate surface area is 129 Å². The third-order valence-electron chi connectivity index (χ3n) is 3.14. The van der Waals surface area contributed by atoms with Crippen molar-refractivity contribution in [3.05, 3.63) is 29.8 Å². The Balaban J connectivity index is 2.05. The second-order valence-corrected chi connectivity index (χ2v) is 6.78. The molecule has 21 heavy (non-hydrogen) atoms. The van der Waals surface area contributed by atoms with Crippen molar-refractivity contribution >= 4 is 27.5 Å². The number of nitrogens with one attached hydrogen (secondary N) is 1. The molecule has 0 radical (unpaired) electrons. The van der Waals surface area contributed by atoms with Crippen LogP contribution in [0.15, 0.2) is 29.2 Å². The largest absolute Gasteiger partial charge is 0.379 e. The summed E-state index contributed by atoms with van der Waals surface area (Å²) in [4.78, 5) is 11.3. The van der Waals surface area contributed by atoms with Gasteiger partial charge in [-0.2, -0.15) is 4.31 Å². The zero-order valence-electron chi connectivity index (χ0n) is 11.4. The fourth-order valence-electron chi connectivity index (χ4n) is 1.96. The van der Waals surface area contributed by atoms with Gasteiger partial charge in [-0.15, -0.1) is 11.6 Å². The summed E-state index contributed by atoms with van der Waals surface area (Å²) in [5, 5.41) is 2.62. The van der Waals surface area contributed by atoms with Crippen LogP contribution in [0.1, 0.15) is 5.56 Å². The number of halogens is 1. The van der Waals surface area contributed by atoms with Crippen molar-refractivity contribution in [1.29, 1.82) is 0 Å². The zero-order chi connectivity index (χ0) is 15.3. The molecule has 1 N–H and O–H groups in total. The minimum absolute atomic E-state index is 0.0938. The first kappa shape index (κ1) is 16.2. The molecule has 1 amide bonds. The maximum atomic E-state index is 12.4. The molecule has 2 rings (SSSR count). The van der Waals surface area contributed by atoms with Crippen LogP contribution in [0, 0.1) is 0 Å². The summed E-state index contributed by atoms with van der Waals surface area (Å²) < 4.78 is 31.4. The molecular weight excluding hydrogens is 316 g/mol. The van der Waals surface area contributed by atoms with Gasteiger partial charge in [0, 0.05) is 19.6 Å². The van der Waals surface area contributed by atoms with Crippen molar-refractivity contribution in [1.82, 2.24) is 9.62 Å². The SMILES string of the molecule is O=C(CCl)NCc1ccc(S(=O)(=O)N2CCOCC2)cc1. The fourth-order valence-corrected chi connectivity index (χ4v) is 3.47. The lowest BCUT2D eigenvalue weighted by molar-refractivity contribution is -0.118. The third-order valence-corrected chi connectivity index (χ3v) is 5.30. The number of sulfonamides is 1. The van der Waals surface area contributed by atoms with E-state index in [-0.39, 0.29) is 16.7 Å². The van der Waals surface area contributed by atoms with E-state index < -0.39 is 10.0 Å². The minimum atomic E-state index is -3.47. The van der Waals surface area contributed by atoms with E-state index in [9.17, 15) is 13.2 Å². The van der Waals surface area contributed by atoms with Crippen molar-refractivity contribution in [2.24, 2.45) is 0 Å². The predicted molar refractivity (Wildman–Crippen MR) is 78.6 cm³/mol. The summed E-state index contributed by atoms with van der Waals surface area (Å²) in [6.45, 7) is 1.90. The van der Waals surface area contributed by atoms with E-state index in [2.05, 4.69) is 5.32 Å². The molecule has 0 aliphatic carbocycles. The molecule has 1 aromatic rings. The first-order valence-electron chi connectivity index (χ1n) is 6.53. The lowest BCUT2D eigenvalue weighted by Gasteiger charge is -2.26. The average molecular weight is 333 g/mol. The number of ether oxygens (including phenoxy) is 1. The summed E-state index contributed by atoms with van der Waals surface area (Å²) in [5.41, 5.74) is 0.814. The van der Waals surface area contributed by atoms with Crippen LogP contribution in [0.4, 0.5) is 0 Å². The quantitative estimate of drug-likeness (QED) is 0.800. The van der Waals surface area contributed by atoms with Gasteiger partial charge in [0.15, 0.2) is 0 Å². The van der Waals surface area contributed by atoms with Gasteiger partial charge in [0.25, 0.3) is 0 Å². The maximum absolute atomic E-state index is 12.4. The highest BCUT2D eigenvalue weighted by Gasteiger charge is 2.25. The number of benzene rings is 1. The number of nitrogens with zero attached hydrogens (tertiary/aromatic N) is 1. The summed E-state index contributed by atoms with van der Waals surface area (Å²) in [7, 11) is -3.47. The molecule has 0 unspecified atom stereocenters. The third kappa shape index (κ3) is 4.16. The number of amides is 1. The first-order valence-corrected chi connectivity index (χ1v) is 8.51. The number of rotatable bonds is 5. The van der Waals surface area contributed by atoms with Crippen molar-refractivity contribution in [2.75, 3.05) is 32.2 Å². The Kier molecular flexibility index (Phi) is 5.58. The average Bonchev–Trinajstić information content (AvgIpc) is 2.53. The number of morpholine rings is 1. The highest BCUT2D eigenvalue weighted by Crippen LogP contribution is 2.17. The van der Waals surface area contributed by atoms with Crippen LogP contribution < -0.4 is 5.32 Å². The number of hydrogen-bond acceptors (Lipinski definition) is 4. The lowest BCUT2D eigenvalue weighted by atomic mass is 10.2. The van der Waals surface area contributed by atoms with Gasteiger partial charge in [-0.3, -0.25) is 4.79 Å². The van der Waals surface area contributed by atoms with Crippen molar-refractivity contribution in [3.8, 4) is 0 Å². The summed E-state index contributed by atoms with van der Waals surface area (Å²) in [5.74, 6) is -0.356. The molecule has 0 spiro atoms. The van der Waals surface area contributed by atoms with Gasteiger partial charge in [-0.05, 0) is 17.7 Å². The molecule has 1 saturated heterocycles. The van der Waals surface area contributed by atoms with Gasteiger partial charge >= 0.3 is 0 Å². The molecule has 1 aromatic carbocycles. The second-order valence-electron chi connectivity index (χ2n) is 4.57. The van der Waals surface area contributed by atoms with Crippen LogP contribution in [0.2, 0.25) is 0 Å². The zero-order valence-corrected chi connectivity index (χ0v) is 13.0. The van der Waals surface area contributed by atoms with Gasteiger partial charge in [-0.1, -0.05) is 12.1 Å². The first-order chi connectivity index (χ1) is 10.0. The summed E-state index contributed by atoms with van der Waals surface area (Å²) in [6.07, 6.45) is 0. The van der Waals surface area contributed by atoms with Crippen molar-refractivity contribution in [2.45, 2.75) is 11.4 Å².